The molecule has 7 N–H and O–H groups in total. The molecule has 2 atom stereocenters. The molecule has 476 valence electrons. The SMILES string of the molecule is Cc1cc(-n2ncc3cc(NC(=O)NC45CC6CC(CC(O)(C6)C4)C5)ncc32)ccn1.Cc1cc(-n2ncc3cc(NC(=O)NCc4ccc(-n5cccn5)cc4)ncc32)ccn1.Cc1cc(-n2ncc3cc(NC(=O)NCc4cccc(-n5cccn5)c4)ncc32)ccn1. The fourth-order valence-corrected chi connectivity index (χ4v) is 13.4. The van der Waals surface area contributed by atoms with Crippen LogP contribution in [0, 0.1) is 32.6 Å². The number of benzene rings is 2. The maximum Gasteiger partial charge on any atom is 0.320 e. The summed E-state index contributed by atoms with van der Waals surface area (Å²) < 4.78 is 8.97. The standard InChI is InChI=1S/2C23H20N8O.C23H26N6O2/c1-16-11-20(7-9-24-16)31-21-15-25-22(12-18(21)14-28-31)29-23(32)26-13-17-3-5-19(6-4-17)30-10-2-8-27-30;1-16-10-20(6-8-24-16)31-21-15-25-22(12-18(21)14-28-31)29-23(32)26-13-17-4-2-5-19(11-17)30-9-3-7-27-30;1-14-4-18(2-3-24-14)29-19-12-25-20(6-17(19)11-26-29)27-21(30)28-22-7-15-5-16(8-22)10-23(31,9-15)13-22/h2*2-12,14-15H,13H2,1H3,(H2,25,26,29,32);2-4,6,11-12,15-16,31H,5,7-10,13H2,1H3,(H2,25,27,28,30). The third-order valence-corrected chi connectivity index (χ3v) is 17.2. The van der Waals surface area contributed by atoms with E-state index in [1.807, 2.05) is 141 Å². The highest BCUT2D eigenvalue weighted by Gasteiger charge is 2.57. The van der Waals surface area contributed by atoms with E-state index in [0.29, 0.717) is 48.8 Å². The maximum atomic E-state index is 12.8. The van der Waals surface area contributed by atoms with Crippen molar-refractivity contribution in [3.05, 3.63) is 224 Å². The molecule has 11 heterocycles. The highest BCUT2D eigenvalue weighted by Crippen LogP contribution is 2.57. The number of carbonyl (C=O) groups is 3. The van der Waals surface area contributed by atoms with Gasteiger partial charge in [-0.3, -0.25) is 30.9 Å². The van der Waals surface area contributed by atoms with Crippen molar-refractivity contribution in [1.29, 1.82) is 0 Å². The molecule has 11 aromatic heterocycles. The second kappa shape index (κ2) is 25.9. The predicted octanol–water partition coefficient (Wildman–Crippen LogP) is 10.6. The normalized spacial score (nSPS) is 17.5. The van der Waals surface area contributed by atoms with Crippen LogP contribution in [0.2, 0.25) is 0 Å². The summed E-state index contributed by atoms with van der Waals surface area (Å²) in [6.45, 7) is 6.58. The van der Waals surface area contributed by atoms with E-state index in [1.54, 1.807) is 99.0 Å². The fraction of sp³-hybridized carbons (Fsp3) is 0.217. The molecule has 4 saturated carbocycles. The Morgan fingerprint density at radius 2 is 0.905 bits per heavy atom. The number of rotatable bonds is 13. The van der Waals surface area contributed by atoms with Crippen molar-refractivity contribution in [2.24, 2.45) is 11.8 Å². The number of aryl methyl sites for hydroxylation is 3. The molecule has 6 amide bonds. The zero-order valence-electron chi connectivity index (χ0n) is 52.1. The van der Waals surface area contributed by atoms with E-state index >= 15 is 0 Å². The molecule has 4 aliphatic carbocycles. The fourth-order valence-electron chi connectivity index (χ4n) is 13.4. The number of nitrogens with zero attached hydrogens (tertiary/aromatic N) is 16. The molecule has 4 bridgehead atoms. The summed E-state index contributed by atoms with van der Waals surface area (Å²) in [5, 5.41) is 52.7. The van der Waals surface area contributed by atoms with Gasteiger partial charge in [0.05, 0.1) is 87.8 Å². The van der Waals surface area contributed by atoms with Gasteiger partial charge in [-0.05, 0) is 173 Å². The Hall–Kier alpha value is -12.1. The van der Waals surface area contributed by atoms with E-state index in [4.69, 9.17) is 0 Å². The van der Waals surface area contributed by atoms with Crippen LogP contribution in [-0.4, -0.2) is 113 Å². The highest BCUT2D eigenvalue weighted by molar-refractivity contribution is 5.93. The Morgan fingerprint density at radius 3 is 1.35 bits per heavy atom. The number of anilines is 3. The number of hydrogen-bond acceptors (Lipinski definition) is 15. The molecule has 2 aromatic carbocycles. The Kier molecular flexibility index (Phi) is 16.5. The minimum absolute atomic E-state index is 0.255. The van der Waals surface area contributed by atoms with Crippen molar-refractivity contribution in [3.63, 3.8) is 0 Å². The van der Waals surface area contributed by atoms with Crippen molar-refractivity contribution in [3.8, 4) is 28.4 Å². The predicted molar refractivity (Wildman–Crippen MR) is 358 cm³/mol. The summed E-state index contributed by atoms with van der Waals surface area (Å²) in [4.78, 5) is 63.4. The molecule has 95 heavy (non-hydrogen) atoms. The molecular formula is C69H66N22O4. The minimum atomic E-state index is -0.603. The van der Waals surface area contributed by atoms with Gasteiger partial charge in [0.25, 0.3) is 0 Å². The first-order valence-electron chi connectivity index (χ1n) is 31.1. The first-order chi connectivity index (χ1) is 46.2. The second-order valence-corrected chi connectivity index (χ2v) is 24.4. The first kappa shape index (κ1) is 60.5. The lowest BCUT2D eigenvalue weighted by atomic mass is 9.51. The summed E-state index contributed by atoms with van der Waals surface area (Å²) in [6.07, 6.45) is 28.4. The average Bonchev–Trinajstić information content (AvgIpc) is 1.71. The van der Waals surface area contributed by atoms with E-state index in [-0.39, 0.29) is 23.6 Å². The molecule has 0 saturated heterocycles. The molecule has 4 fully saturated rings. The number of amides is 6. The molecule has 17 rings (SSSR count). The maximum absolute atomic E-state index is 12.8. The molecule has 0 spiro atoms. The number of pyridine rings is 6. The van der Waals surface area contributed by atoms with Crippen molar-refractivity contribution < 1.29 is 19.5 Å². The summed E-state index contributed by atoms with van der Waals surface area (Å²) in [5.41, 5.74) is 11.0. The molecular weight excluding hydrogens is 1200 g/mol. The van der Waals surface area contributed by atoms with Gasteiger partial charge in [-0.25, -0.2) is 52.7 Å². The monoisotopic (exact) mass is 1270 g/mol. The van der Waals surface area contributed by atoms with Crippen molar-refractivity contribution in [2.75, 3.05) is 16.0 Å². The number of aliphatic hydroxyl groups is 1. The number of urea groups is 3. The molecule has 4 aliphatic rings. The highest BCUT2D eigenvalue weighted by atomic mass is 16.3. The van der Waals surface area contributed by atoms with Crippen molar-refractivity contribution in [2.45, 2.75) is 83.5 Å². The van der Waals surface area contributed by atoms with Gasteiger partial charge in [0.1, 0.15) is 17.5 Å². The number of aromatic nitrogens is 16. The lowest BCUT2D eigenvalue weighted by Gasteiger charge is -2.60. The lowest BCUT2D eigenvalue weighted by Crippen LogP contribution is -2.65. The van der Waals surface area contributed by atoms with Gasteiger partial charge in [-0.1, -0.05) is 24.3 Å². The molecule has 0 radical (unpaired) electrons. The third kappa shape index (κ3) is 13.8. The van der Waals surface area contributed by atoms with Crippen LogP contribution in [0.25, 0.3) is 61.1 Å². The van der Waals surface area contributed by atoms with E-state index in [1.165, 1.54) is 6.42 Å². The van der Waals surface area contributed by atoms with Crippen LogP contribution in [0.3, 0.4) is 0 Å². The zero-order valence-corrected chi connectivity index (χ0v) is 52.1. The zero-order chi connectivity index (χ0) is 65.0. The summed E-state index contributed by atoms with van der Waals surface area (Å²) in [6, 6.07) is 35.4. The molecule has 13 aromatic rings. The van der Waals surface area contributed by atoms with E-state index in [0.717, 1.165) is 115 Å². The van der Waals surface area contributed by atoms with Gasteiger partial charge in [-0.15, -0.1) is 0 Å². The van der Waals surface area contributed by atoms with Gasteiger partial charge < -0.3 is 21.1 Å². The van der Waals surface area contributed by atoms with Crippen LogP contribution in [0.15, 0.2) is 196 Å². The van der Waals surface area contributed by atoms with Crippen molar-refractivity contribution >= 4 is 68.3 Å². The van der Waals surface area contributed by atoms with Crippen LogP contribution >= 0.6 is 0 Å². The summed E-state index contributed by atoms with van der Waals surface area (Å²) in [5.74, 6) is 2.42. The Morgan fingerprint density at radius 1 is 0.453 bits per heavy atom. The van der Waals surface area contributed by atoms with Gasteiger partial charge in [-0.2, -0.15) is 25.5 Å². The summed E-state index contributed by atoms with van der Waals surface area (Å²) in [7, 11) is 0. The lowest BCUT2D eigenvalue weighted by molar-refractivity contribution is -0.138. The van der Waals surface area contributed by atoms with Crippen LogP contribution in [0.5, 0.6) is 0 Å². The molecule has 26 nitrogen and oxygen atoms in total. The smallest absolute Gasteiger partial charge is 0.320 e. The van der Waals surface area contributed by atoms with Crippen LogP contribution < -0.4 is 31.9 Å². The van der Waals surface area contributed by atoms with E-state index in [2.05, 4.69) is 87.3 Å². The third-order valence-electron chi connectivity index (χ3n) is 17.2. The van der Waals surface area contributed by atoms with E-state index in [9.17, 15) is 19.5 Å². The Balaban J connectivity index is 0.000000123. The van der Waals surface area contributed by atoms with Crippen molar-refractivity contribution in [1.82, 2.24) is 94.8 Å². The molecule has 26 heteroatoms. The van der Waals surface area contributed by atoms with Gasteiger partial charge in [0.15, 0.2) is 0 Å². The van der Waals surface area contributed by atoms with Gasteiger partial charge in [0, 0.05) is 95.2 Å². The Bertz CT molecular complexity index is 4910. The average molecular weight is 1270 g/mol. The number of fused-ring (bicyclic) bond motifs is 3. The second-order valence-electron chi connectivity index (χ2n) is 24.4. The topological polar surface area (TPSA) is 310 Å². The largest absolute Gasteiger partial charge is 0.390 e. The first-order valence-corrected chi connectivity index (χ1v) is 31.1. The molecule has 0 aliphatic heterocycles. The quantitative estimate of drug-likeness (QED) is 0.0564. The number of carbonyl (C=O) groups excluding carboxylic acids is 3. The van der Waals surface area contributed by atoms with Crippen LogP contribution in [-0.2, 0) is 13.1 Å². The number of hydrogen-bond donors (Lipinski definition) is 7. The molecule has 2 unspecified atom stereocenters. The summed E-state index contributed by atoms with van der Waals surface area (Å²) >= 11 is 0. The number of nitrogens with one attached hydrogen (secondary N) is 6. The Labute approximate surface area is 543 Å². The van der Waals surface area contributed by atoms with Crippen LogP contribution in [0.4, 0.5) is 31.8 Å². The van der Waals surface area contributed by atoms with E-state index < -0.39 is 5.60 Å². The minimum Gasteiger partial charge on any atom is -0.390 e. The van der Waals surface area contributed by atoms with Crippen LogP contribution in [0.1, 0.15) is 66.7 Å². The van der Waals surface area contributed by atoms with Gasteiger partial charge in [0.2, 0.25) is 0 Å². The van der Waals surface area contributed by atoms with Gasteiger partial charge >= 0.3 is 18.1 Å².